The van der Waals surface area contributed by atoms with Crippen LogP contribution in [0.4, 0.5) is 0 Å². The molecule has 5 heteroatoms. The van der Waals surface area contributed by atoms with E-state index in [1.165, 1.54) is 0 Å². The molecule has 0 radical (unpaired) electrons. The smallest absolute Gasteiger partial charge is 0.303 e. The van der Waals surface area contributed by atoms with Crippen LogP contribution in [0.15, 0.2) is 12.1 Å². The maximum Gasteiger partial charge on any atom is 0.303 e. The third-order valence-electron chi connectivity index (χ3n) is 2.40. The maximum absolute atomic E-state index is 10.4. The van der Waals surface area contributed by atoms with Crippen molar-refractivity contribution in [2.24, 2.45) is 0 Å². The van der Waals surface area contributed by atoms with Crippen LogP contribution >= 0.6 is 11.6 Å². The molecule has 1 heterocycles. The van der Waals surface area contributed by atoms with Gasteiger partial charge in [0.1, 0.15) is 0 Å². The minimum atomic E-state index is -0.805. The normalized spacial score (nSPS) is 12.8. The number of benzene rings is 1. The SMILES string of the molecule is O=C(O)CCCc1c(Cl)ccc2c1OCO2. The number of aliphatic carboxylic acids is 1. The Labute approximate surface area is 97.7 Å². The predicted octanol–water partition coefficient (Wildman–Crippen LogP) is 2.48. The van der Waals surface area contributed by atoms with E-state index in [9.17, 15) is 4.79 Å². The molecule has 0 saturated heterocycles. The summed E-state index contributed by atoms with van der Waals surface area (Å²) in [7, 11) is 0. The summed E-state index contributed by atoms with van der Waals surface area (Å²) in [4.78, 5) is 10.4. The van der Waals surface area contributed by atoms with Crippen molar-refractivity contribution in [1.82, 2.24) is 0 Å². The first-order valence-electron chi connectivity index (χ1n) is 4.97. The van der Waals surface area contributed by atoms with Crippen molar-refractivity contribution in [3.05, 3.63) is 22.7 Å². The summed E-state index contributed by atoms with van der Waals surface area (Å²) in [6, 6.07) is 3.50. The number of ether oxygens (including phenoxy) is 2. The molecule has 0 spiro atoms. The summed E-state index contributed by atoms with van der Waals surface area (Å²) in [5.41, 5.74) is 0.831. The van der Waals surface area contributed by atoms with Crippen molar-refractivity contribution in [1.29, 1.82) is 0 Å². The minimum absolute atomic E-state index is 0.126. The third-order valence-corrected chi connectivity index (χ3v) is 2.76. The number of carboxylic acid groups (broad SMARTS) is 1. The van der Waals surface area contributed by atoms with Crippen LogP contribution in [0.1, 0.15) is 18.4 Å². The maximum atomic E-state index is 10.4. The van der Waals surface area contributed by atoms with Gasteiger partial charge in [-0.05, 0) is 25.0 Å². The van der Waals surface area contributed by atoms with Crippen molar-refractivity contribution in [2.75, 3.05) is 6.79 Å². The molecular formula is C11H11ClO4. The molecule has 2 rings (SSSR count). The van der Waals surface area contributed by atoms with E-state index in [1.807, 2.05) is 0 Å². The van der Waals surface area contributed by atoms with Crippen LogP contribution in [0.25, 0.3) is 0 Å². The molecule has 1 aromatic rings. The average molecular weight is 243 g/mol. The lowest BCUT2D eigenvalue weighted by Gasteiger charge is -2.07. The fraction of sp³-hybridized carbons (Fsp3) is 0.364. The van der Waals surface area contributed by atoms with Crippen molar-refractivity contribution >= 4 is 17.6 Å². The van der Waals surface area contributed by atoms with Crippen molar-refractivity contribution < 1.29 is 19.4 Å². The molecule has 0 fully saturated rings. The zero-order valence-electron chi connectivity index (χ0n) is 8.53. The van der Waals surface area contributed by atoms with Gasteiger partial charge < -0.3 is 14.6 Å². The zero-order valence-corrected chi connectivity index (χ0v) is 9.29. The number of fused-ring (bicyclic) bond motifs is 1. The summed E-state index contributed by atoms with van der Waals surface area (Å²) in [6.45, 7) is 0.196. The molecule has 1 aliphatic rings. The van der Waals surface area contributed by atoms with E-state index in [-0.39, 0.29) is 13.2 Å². The molecule has 0 bridgehead atoms. The van der Waals surface area contributed by atoms with Crippen molar-refractivity contribution in [3.8, 4) is 11.5 Å². The molecule has 16 heavy (non-hydrogen) atoms. The van der Waals surface area contributed by atoms with Gasteiger partial charge in [0.05, 0.1) is 0 Å². The zero-order chi connectivity index (χ0) is 11.5. The van der Waals surface area contributed by atoms with Gasteiger partial charge in [0.15, 0.2) is 11.5 Å². The molecule has 4 nitrogen and oxygen atoms in total. The highest BCUT2D eigenvalue weighted by atomic mass is 35.5. The van der Waals surface area contributed by atoms with Gasteiger partial charge in [0.2, 0.25) is 6.79 Å². The van der Waals surface area contributed by atoms with Crippen molar-refractivity contribution in [2.45, 2.75) is 19.3 Å². The fourth-order valence-corrected chi connectivity index (χ4v) is 1.90. The van der Waals surface area contributed by atoms with Crippen molar-refractivity contribution in [3.63, 3.8) is 0 Å². The number of carbonyl (C=O) groups is 1. The lowest BCUT2D eigenvalue weighted by atomic mass is 10.1. The largest absolute Gasteiger partial charge is 0.481 e. The van der Waals surface area contributed by atoms with Crippen LogP contribution in [-0.4, -0.2) is 17.9 Å². The molecule has 1 N–H and O–H groups in total. The van der Waals surface area contributed by atoms with E-state index in [0.717, 1.165) is 5.56 Å². The van der Waals surface area contributed by atoms with Gasteiger partial charge in [0, 0.05) is 17.0 Å². The molecule has 0 aliphatic carbocycles. The number of hydrogen-bond acceptors (Lipinski definition) is 3. The Morgan fingerprint density at radius 2 is 2.25 bits per heavy atom. The van der Waals surface area contributed by atoms with E-state index in [4.69, 9.17) is 26.2 Å². The summed E-state index contributed by atoms with van der Waals surface area (Å²) in [5.74, 6) is 0.522. The summed E-state index contributed by atoms with van der Waals surface area (Å²) in [5, 5.41) is 9.16. The summed E-state index contributed by atoms with van der Waals surface area (Å²) < 4.78 is 10.5. The van der Waals surface area contributed by atoms with E-state index in [1.54, 1.807) is 12.1 Å². The molecule has 0 aromatic heterocycles. The van der Waals surface area contributed by atoms with Gasteiger partial charge in [-0.15, -0.1) is 0 Å². The molecule has 0 amide bonds. The van der Waals surface area contributed by atoms with Crippen LogP contribution in [0.3, 0.4) is 0 Å². The minimum Gasteiger partial charge on any atom is -0.481 e. The summed E-state index contributed by atoms with van der Waals surface area (Å²) in [6.07, 6.45) is 1.24. The third kappa shape index (κ3) is 2.22. The second-order valence-electron chi connectivity index (χ2n) is 3.51. The number of halogens is 1. The Morgan fingerprint density at radius 1 is 1.44 bits per heavy atom. The van der Waals surface area contributed by atoms with Crippen LogP contribution in [0.2, 0.25) is 5.02 Å². The standard InChI is InChI=1S/C11H11ClO4/c12-8-4-5-9-11(16-6-15-9)7(8)2-1-3-10(13)14/h4-5H,1-3,6H2,(H,13,14). The van der Waals surface area contributed by atoms with Gasteiger partial charge in [-0.25, -0.2) is 0 Å². The van der Waals surface area contributed by atoms with Gasteiger partial charge in [-0.1, -0.05) is 11.6 Å². The van der Waals surface area contributed by atoms with Crippen LogP contribution < -0.4 is 9.47 Å². The predicted molar refractivity (Wildman–Crippen MR) is 58.1 cm³/mol. The Kier molecular flexibility index (Phi) is 3.19. The molecule has 0 unspecified atom stereocenters. The Hall–Kier alpha value is -1.42. The number of hydrogen-bond donors (Lipinski definition) is 1. The summed E-state index contributed by atoms with van der Waals surface area (Å²) >= 11 is 6.04. The molecule has 0 saturated carbocycles. The van der Waals surface area contributed by atoms with E-state index < -0.39 is 5.97 Å². The number of rotatable bonds is 4. The quantitative estimate of drug-likeness (QED) is 0.881. The van der Waals surface area contributed by atoms with E-state index in [2.05, 4.69) is 0 Å². The highest BCUT2D eigenvalue weighted by Crippen LogP contribution is 2.40. The van der Waals surface area contributed by atoms with E-state index in [0.29, 0.717) is 29.4 Å². The highest BCUT2D eigenvalue weighted by molar-refractivity contribution is 6.31. The second-order valence-corrected chi connectivity index (χ2v) is 3.91. The molecule has 0 atom stereocenters. The highest BCUT2D eigenvalue weighted by Gasteiger charge is 2.19. The lowest BCUT2D eigenvalue weighted by molar-refractivity contribution is -0.137. The topological polar surface area (TPSA) is 55.8 Å². The first kappa shape index (κ1) is 11.1. The average Bonchev–Trinajstić information content (AvgIpc) is 2.69. The first-order chi connectivity index (χ1) is 7.68. The Balaban J connectivity index is 2.13. The molecular weight excluding hydrogens is 232 g/mol. The lowest BCUT2D eigenvalue weighted by Crippen LogP contribution is -1.98. The number of carboxylic acids is 1. The Morgan fingerprint density at radius 3 is 3.00 bits per heavy atom. The fourth-order valence-electron chi connectivity index (χ4n) is 1.66. The Bertz CT molecular complexity index is 417. The molecule has 1 aromatic carbocycles. The monoisotopic (exact) mass is 242 g/mol. The van der Waals surface area contributed by atoms with Gasteiger partial charge in [-0.2, -0.15) is 0 Å². The van der Waals surface area contributed by atoms with Gasteiger partial charge in [-0.3, -0.25) is 4.79 Å². The van der Waals surface area contributed by atoms with Gasteiger partial charge >= 0.3 is 5.97 Å². The first-order valence-corrected chi connectivity index (χ1v) is 5.35. The van der Waals surface area contributed by atoms with Crippen LogP contribution in [0.5, 0.6) is 11.5 Å². The van der Waals surface area contributed by atoms with Crippen LogP contribution in [-0.2, 0) is 11.2 Å². The molecule has 86 valence electrons. The molecule has 1 aliphatic heterocycles. The van der Waals surface area contributed by atoms with E-state index >= 15 is 0 Å². The second kappa shape index (κ2) is 4.61. The van der Waals surface area contributed by atoms with Gasteiger partial charge in [0.25, 0.3) is 0 Å². The van der Waals surface area contributed by atoms with Crippen LogP contribution in [0, 0.1) is 0 Å².